The Morgan fingerprint density at radius 3 is 1.24 bits per heavy atom. The van der Waals surface area contributed by atoms with E-state index in [1.54, 1.807) is 0 Å². The number of carbonyl (C=O) groups excluding carboxylic acids is 2. The molecule has 6 nitrogen and oxygen atoms in total. The Hall–Kier alpha value is -2.96. The first-order valence-corrected chi connectivity index (χ1v) is 28.8. The van der Waals surface area contributed by atoms with Gasteiger partial charge in [-0.1, -0.05) is 241 Å². The molecule has 1 amide bonds. The van der Waals surface area contributed by atoms with E-state index in [4.69, 9.17) is 4.74 Å². The van der Waals surface area contributed by atoms with Gasteiger partial charge in [0.05, 0.1) is 25.2 Å². The number of nitrogens with one attached hydrogen (secondary N) is 1. The number of esters is 1. The topological polar surface area (TPSA) is 95.9 Å². The molecule has 0 aliphatic rings. The smallest absolute Gasteiger partial charge is 0.306 e. The average Bonchev–Trinajstić information content (AvgIpc) is 3.33. The highest BCUT2D eigenvalue weighted by molar-refractivity contribution is 5.77. The Morgan fingerprint density at radius 2 is 0.794 bits per heavy atom. The molecule has 6 heteroatoms. The molecule has 3 N–H and O–H groups in total. The summed E-state index contributed by atoms with van der Waals surface area (Å²) in [5.74, 6) is -0.532. The van der Waals surface area contributed by atoms with Crippen LogP contribution in [0.5, 0.6) is 0 Å². The van der Waals surface area contributed by atoms with E-state index in [0.717, 1.165) is 116 Å². The first-order valence-electron chi connectivity index (χ1n) is 28.8. The molecule has 0 aliphatic carbocycles. The molecule has 3 unspecified atom stereocenters. The van der Waals surface area contributed by atoms with Crippen molar-refractivity contribution in [2.45, 2.75) is 289 Å². The van der Waals surface area contributed by atoms with Gasteiger partial charge in [-0.05, 0) is 103 Å². The third-order valence-corrected chi connectivity index (χ3v) is 12.7. The van der Waals surface area contributed by atoms with Crippen LogP contribution in [-0.4, -0.2) is 46.9 Å². The molecule has 0 aromatic rings. The first-order chi connectivity index (χ1) is 33.5. The van der Waals surface area contributed by atoms with Gasteiger partial charge in [-0.3, -0.25) is 9.59 Å². The van der Waals surface area contributed by atoms with E-state index in [0.29, 0.717) is 19.3 Å². The van der Waals surface area contributed by atoms with Gasteiger partial charge in [0.1, 0.15) is 6.10 Å². The standard InChI is InChI=1S/C62H109NO5/c1-4-7-10-13-16-19-22-25-28-30-31-32-34-37-40-43-46-49-52-55-62(67)68-58(53-50-47-44-41-38-35-27-24-21-18-15-12-9-6-3)56-61(66)63-59(57-64)60(65)54-51-48-45-42-39-36-33-29-26-23-20-17-14-11-8-5-2/h9,12,16,18-19,21,25,27-28,31-32,35,37,40,58-60,64-65H,4-8,10-11,13-15,17,20,22-24,26,29-30,33-34,36,38-39,41-57H2,1-3H3,(H,63,66)/b12-9+,19-16-,21-18+,28-25-,32-31-,35-27+,40-37-. The maximum absolute atomic E-state index is 13.3. The summed E-state index contributed by atoms with van der Waals surface area (Å²) < 4.78 is 5.93. The van der Waals surface area contributed by atoms with Gasteiger partial charge in [-0.15, -0.1) is 0 Å². The number of unbranched alkanes of at least 4 members (excludes halogenated alkanes) is 25. The number of carbonyl (C=O) groups is 2. The minimum absolute atomic E-state index is 0.0462. The van der Waals surface area contributed by atoms with Crippen LogP contribution in [0.1, 0.15) is 271 Å². The fourth-order valence-electron chi connectivity index (χ4n) is 8.37. The van der Waals surface area contributed by atoms with E-state index in [1.165, 1.54) is 109 Å². The van der Waals surface area contributed by atoms with Gasteiger partial charge >= 0.3 is 5.97 Å². The number of allylic oxidation sites excluding steroid dienone is 14. The van der Waals surface area contributed by atoms with Gasteiger partial charge < -0.3 is 20.3 Å². The number of ether oxygens (including phenoxy) is 1. The Balaban J connectivity index is 4.63. The van der Waals surface area contributed by atoms with Crippen molar-refractivity contribution < 1.29 is 24.5 Å². The fourth-order valence-corrected chi connectivity index (χ4v) is 8.37. The van der Waals surface area contributed by atoms with Crippen LogP contribution in [0.25, 0.3) is 0 Å². The maximum Gasteiger partial charge on any atom is 0.306 e. The molecule has 0 saturated heterocycles. The van der Waals surface area contributed by atoms with Crippen LogP contribution in [0.3, 0.4) is 0 Å². The lowest BCUT2D eigenvalue weighted by Crippen LogP contribution is -2.46. The lowest BCUT2D eigenvalue weighted by Gasteiger charge is -2.24. The highest BCUT2D eigenvalue weighted by atomic mass is 16.5. The number of aliphatic hydroxyl groups excluding tert-OH is 2. The van der Waals surface area contributed by atoms with Crippen LogP contribution in [0.4, 0.5) is 0 Å². The molecule has 68 heavy (non-hydrogen) atoms. The van der Waals surface area contributed by atoms with Crippen molar-refractivity contribution in [2.75, 3.05) is 6.61 Å². The van der Waals surface area contributed by atoms with Crippen LogP contribution in [-0.2, 0) is 14.3 Å². The molecule has 0 rings (SSSR count). The largest absolute Gasteiger partial charge is 0.462 e. The van der Waals surface area contributed by atoms with Crippen molar-refractivity contribution in [1.29, 1.82) is 0 Å². The molecule has 0 aliphatic heterocycles. The van der Waals surface area contributed by atoms with Gasteiger partial charge in [-0.25, -0.2) is 0 Å². The molecule has 0 bridgehead atoms. The van der Waals surface area contributed by atoms with E-state index in [2.05, 4.69) is 111 Å². The second-order valence-electron chi connectivity index (χ2n) is 19.3. The zero-order chi connectivity index (χ0) is 49.5. The quantitative estimate of drug-likeness (QED) is 0.0321. The third kappa shape index (κ3) is 49.5. The molecule has 0 heterocycles. The average molecular weight is 949 g/mol. The first kappa shape index (κ1) is 65.0. The molecular weight excluding hydrogens is 839 g/mol. The summed E-state index contributed by atoms with van der Waals surface area (Å²) in [5, 5.41) is 23.9. The van der Waals surface area contributed by atoms with Crippen LogP contribution >= 0.6 is 0 Å². The predicted octanol–water partition coefficient (Wildman–Crippen LogP) is 17.9. The zero-order valence-electron chi connectivity index (χ0n) is 44.7. The van der Waals surface area contributed by atoms with E-state index in [1.807, 2.05) is 0 Å². The van der Waals surface area contributed by atoms with Gasteiger partial charge in [0.25, 0.3) is 0 Å². The highest BCUT2D eigenvalue weighted by Gasteiger charge is 2.24. The van der Waals surface area contributed by atoms with Gasteiger partial charge in [0.15, 0.2) is 0 Å². The number of hydrogen-bond acceptors (Lipinski definition) is 5. The predicted molar refractivity (Wildman–Crippen MR) is 296 cm³/mol. The fraction of sp³-hybridized carbons (Fsp3) is 0.742. The summed E-state index contributed by atoms with van der Waals surface area (Å²) in [6.45, 7) is 6.35. The maximum atomic E-state index is 13.3. The van der Waals surface area contributed by atoms with Gasteiger partial charge in [0, 0.05) is 6.42 Å². The van der Waals surface area contributed by atoms with Crippen LogP contribution < -0.4 is 5.32 Å². The molecule has 0 saturated carbocycles. The number of hydrogen-bond donors (Lipinski definition) is 3. The molecule has 0 fully saturated rings. The Kier molecular flexibility index (Phi) is 52.6. The SMILES string of the molecule is CC/C=C/C/C=C/C/C=C/CCCCCCC(CC(=O)NC(CO)C(O)CCCCCCCCCCCCCCCCCC)OC(=O)CCCCC/C=C\C/C=C\C/C=C\C/C=C\CCCCC. The zero-order valence-corrected chi connectivity index (χ0v) is 44.7. The normalized spacial score (nSPS) is 13.8. The lowest BCUT2D eigenvalue weighted by molar-refractivity contribution is -0.151. The van der Waals surface area contributed by atoms with Crippen molar-refractivity contribution in [1.82, 2.24) is 5.32 Å². The Labute approximate surface area is 421 Å². The summed E-state index contributed by atoms with van der Waals surface area (Å²) in [4.78, 5) is 26.3. The van der Waals surface area contributed by atoms with E-state index in [-0.39, 0.29) is 24.9 Å². The molecule has 0 aromatic heterocycles. The summed E-state index contributed by atoms with van der Waals surface area (Å²) in [7, 11) is 0. The summed E-state index contributed by atoms with van der Waals surface area (Å²) in [5.41, 5.74) is 0. The number of aliphatic hydroxyl groups is 2. The van der Waals surface area contributed by atoms with Crippen molar-refractivity contribution in [3.63, 3.8) is 0 Å². The molecule has 3 atom stereocenters. The molecule has 0 aromatic carbocycles. The second-order valence-corrected chi connectivity index (χ2v) is 19.3. The van der Waals surface area contributed by atoms with Crippen molar-refractivity contribution in [2.24, 2.45) is 0 Å². The summed E-state index contributed by atoms with van der Waals surface area (Å²) >= 11 is 0. The Bertz CT molecular complexity index is 1290. The number of rotatable bonds is 51. The summed E-state index contributed by atoms with van der Waals surface area (Å²) in [6.07, 6.45) is 72.2. The van der Waals surface area contributed by atoms with Gasteiger partial charge in [-0.2, -0.15) is 0 Å². The minimum atomic E-state index is -0.805. The highest BCUT2D eigenvalue weighted by Crippen LogP contribution is 2.18. The second kappa shape index (κ2) is 55.0. The monoisotopic (exact) mass is 948 g/mol. The lowest BCUT2D eigenvalue weighted by atomic mass is 10.0. The molecular formula is C62H109NO5. The van der Waals surface area contributed by atoms with Crippen molar-refractivity contribution in [3.05, 3.63) is 85.1 Å². The van der Waals surface area contributed by atoms with E-state index < -0.39 is 18.2 Å². The van der Waals surface area contributed by atoms with Crippen molar-refractivity contribution >= 4 is 11.9 Å². The Morgan fingerprint density at radius 1 is 0.441 bits per heavy atom. The van der Waals surface area contributed by atoms with Crippen molar-refractivity contribution in [3.8, 4) is 0 Å². The minimum Gasteiger partial charge on any atom is -0.462 e. The van der Waals surface area contributed by atoms with Gasteiger partial charge in [0.2, 0.25) is 5.91 Å². The van der Waals surface area contributed by atoms with E-state index >= 15 is 0 Å². The van der Waals surface area contributed by atoms with Crippen LogP contribution in [0, 0.1) is 0 Å². The molecule has 392 valence electrons. The third-order valence-electron chi connectivity index (χ3n) is 12.7. The molecule has 0 radical (unpaired) electrons. The number of amides is 1. The molecule has 0 spiro atoms. The van der Waals surface area contributed by atoms with E-state index in [9.17, 15) is 19.8 Å². The van der Waals surface area contributed by atoms with Crippen LogP contribution in [0.15, 0.2) is 85.1 Å². The van der Waals surface area contributed by atoms with Crippen LogP contribution in [0.2, 0.25) is 0 Å². The summed E-state index contributed by atoms with van der Waals surface area (Å²) in [6, 6.07) is -0.721.